The van der Waals surface area contributed by atoms with Crippen LogP contribution in [0.1, 0.15) is 42.3 Å². The van der Waals surface area contributed by atoms with Crippen molar-refractivity contribution in [1.29, 1.82) is 0 Å². The highest BCUT2D eigenvalue weighted by Crippen LogP contribution is 2.29. The summed E-state index contributed by atoms with van der Waals surface area (Å²) in [5.41, 5.74) is 3.42. The molecule has 0 radical (unpaired) electrons. The van der Waals surface area contributed by atoms with E-state index in [-0.39, 0.29) is 11.9 Å². The molecule has 0 saturated carbocycles. The fourth-order valence-corrected chi connectivity index (χ4v) is 3.60. The van der Waals surface area contributed by atoms with Gasteiger partial charge in [-0.15, -0.1) is 0 Å². The van der Waals surface area contributed by atoms with Crippen LogP contribution in [0.2, 0.25) is 0 Å². The van der Waals surface area contributed by atoms with Gasteiger partial charge in [-0.2, -0.15) is 4.98 Å². The molecular formula is C22H23N3O3. The molecule has 144 valence electrons. The van der Waals surface area contributed by atoms with Crippen LogP contribution in [0.5, 0.6) is 5.75 Å². The van der Waals surface area contributed by atoms with Gasteiger partial charge in [0.1, 0.15) is 5.75 Å². The lowest BCUT2D eigenvalue weighted by Crippen LogP contribution is -2.31. The van der Waals surface area contributed by atoms with E-state index in [1.807, 2.05) is 30.3 Å². The van der Waals surface area contributed by atoms with Gasteiger partial charge in [-0.05, 0) is 54.7 Å². The largest absolute Gasteiger partial charge is 0.497 e. The number of amides is 1. The van der Waals surface area contributed by atoms with Crippen LogP contribution < -0.4 is 10.1 Å². The highest BCUT2D eigenvalue weighted by atomic mass is 16.5. The molecule has 0 spiro atoms. The van der Waals surface area contributed by atoms with Crippen molar-refractivity contribution in [1.82, 2.24) is 15.5 Å². The number of carbonyl (C=O) groups excluding carboxylic acids is 1. The molecule has 4 rings (SSSR count). The van der Waals surface area contributed by atoms with Gasteiger partial charge in [0.25, 0.3) is 0 Å². The summed E-state index contributed by atoms with van der Waals surface area (Å²) in [5, 5.41) is 7.16. The maximum absolute atomic E-state index is 12.4. The number of methoxy groups -OCH3 is 1. The van der Waals surface area contributed by atoms with Crippen molar-refractivity contribution in [3.63, 3.8) is 0 Å². The summed E-state index contributed by atoms with van der Waals surface area (Å²) in [5.74, 6) is 1.75. The molecule has 28 heavy (non-hydrogen) atoms. The van der Waals surface area contributed by atoms with E-state index in [9.17, 15) is 4.79 Å². The molecule has 1 aromatic heterocycles. The molecule has 0 saturated heterocycles. The minimum atomic E-state index is 0.00546. The van der Waals surface area contributed by atoms with Crippen LogP contribution in [0, 0.1) is 0 Å². The van der Waals surface area contributed by atoms with E-state index in [4.69, 9.17) is 9.26 Å². The number of hydrogen-bond acceptors (Lipinski definition) is 5. The second-order valence-electron chi connectivity index (χ2n) is 6.95. The van der Waals surface area contributed by atoms with Gasteiger partial charge < -0.3 is 14.6 Å². The standard InChI is InChI=1S/C22H23N3O3/c1-27-17-11-9-16(10-12-17)22-24-21(28-25-22)14-13-20(26)23-19-8-4-6-15-5-2-3-7-18(15)19/h2-3,5,7,9-12,19H,4,6,8,13-14H2,1H3,(H,23,26)/t19-/m1/s1. The zero-order valence-corrected chi connectivity index (χ0v) is 15.9. The minimum Gasteiger partial charge on any atom is -0.497 e. The number of nitrogens with zero attached hydrogens (tertiary/aromatic N) is 2. The third kappa shape index (κ3) is 4.06. The van der Waals surface area contributed by atoms with Crippen molar-refractivity contribution in [2.24, 2.45) is 0 Å². The fraction of sp³-hybridized carbons (Fsp3) is 0.318. The maximum Gasteiger partial charge on any atom is 0.227 e. The van der Waals surface area contributed by atoms with Gasteiger partial charge in [0.05, 0.1) is 13.2 Å². The van der Waals surface area contributed by atoms with Crippen molar-refractivity contribution in [3.8, 4) is 17.1 Å². The molecule has 1 amide bonds. The van der Waals surface area contributed by atoms with Crippen molar-refractivity contribution in [2.75, 3.05) is 7.11 Å². The number of nitrogens with one attached hydrogen (secondary N) is 1. The Morgan fingerprint density at radius 1 is 1.21 bits per heavy atom. The lowest BCUT2D eigenvalue weighted by Gasteiger charge is -2.26. The molecule has 6 nitrogen and oxygen atoms in total. The van der Waals surface area contributed by atoms with Crippen molar-refractivity contribution in [2.45, 2.75) is 38.1 Å². The number of carbonyl (C=O) groups is 1. The Kier molecular flexibility index (Phi) is 5.37. The summed E-state index contributed by atoms with van der Waals surface area (Å²) in [6.45, 7) is 0. The zero-order chi connectivity index (χ0) is 19.3. The van der Waals surface area contributed by atoms with E-state index < -0.39 is 0 Å². The van der Waals surface area contributed by atoms with Gasteiger partial charge in [-0.25, -0.2) is 0 Å². The van der Waals surface area contributed by atoms with Crippen molar-refractivity contribution < 1.29 is 14.1 Å². The second kappa shape index (κ2) is 8.25. The molecule has 0 aliphatic heterocycles. The Labute approximate surface area is 163 Å². The second-order valence-corrected chi connectivity index (χ2v) is 6.95. The SMILES string of the molecule is COc1ccc(-c2noc(CCC(=O)N[C@@H]3CCCc4ccccc43)n2)cc1. The lowest BCUT2D eigenvalue weighted by molar-refractivity contribution is -0.122. The van der Waals surface area contributed by atoms with E-state index in [2.05, 4.69) is 33.7 Å². The number of aryl methyl sites for hydroxylation is 2. The molecule has 1 aliphatic rings. The van der Waals surface area contributed by atoms with E-state index in [0.717, 1.165) is 30.6 Å². The zero-order valence-electron chi connectivity index (χ0n) is 15.9. The first kappa shape index (κ1) is 18.2. The minimum absolute atomic E-state index is 0.00546. The molecule has 0 fully saturated rings. The van der Waals surface area contributed by atoms with Crippen LogP contribution in [0.25, 0.3) is 11.4 Å². The van der Waals surface area contributed by atoms with E-state index >= 15 is 0 Å². The number of aromatic nitrogens is 2. The first-order chi connectivity index (χ1) is 13.7. The normalized spacial score (nSPS) is 15.7. The van der Waals surface area contributed by atoms with Crippen molar-refractivity contribution in [3.05, 3.63) is 65.5 Å². The van der Waals surface area contributed by atoms with Crippen LogP contribution in [-0.4, -0.2) is 23.2 Å². The number of ether oxygens (including phenoxy) is 1. The fourth-order valence-electron chi connectivity index (χ4n) is 3.60. The molecule has 0 unspecified atom stereocenters. The number of fused-ring (bicyclic) bond motifs is 1. The molecule has 1 atom stereocenters. The third-order valence-corrected chi connectivity index (χ3v) is 5.09. The predicted octanol–water partition coefficient (Wildman–Crippen LogP) is 3.87. The number of benzene rings is 2. The molecule has 1 N–H and O–H groups in total. The first-order valence-electron chi connectivity index (χ1n) is 9.57. The summed E-state index contributed by atoms with van der Waals surface area (Å²) >= 11 is 0. The predicted molar refractivity (Wildman–Crippen MR) is 105 cm³/mol. The van der Waals surface area contributed by atoms with Crippen LogP contribution >= 0.6 is 0 Å². The van der Waals surface area contributed by atoms with Gasteiger partial charge in [-0.1, -0.05) is 29.4 Å². The topological polar surface area (TPSA) is 77.2 Å². The molecule has 6 heteroatoms. The van der Waals surface area contributed by atoms with Gasteiger partial charge in [0.15, 0.2) is 0 Å². The molecular weight excluding hydrogens is 354 g/mol. The summed E-state index contributed by atoms with van der Waals surface area (Å²) < 4.78 is 10.5. The molecule has 1 heterocycles. The van der Waals surface area contributed by atoms with Crippen LogP contribution in [0.4, 0.5) is 0 Å². The van der Waals surface area contributed by atoms with Gasteiger partial charge >= 0.3 is 0 Å². The van der Waals surface area contributed by atoms with E-state index in [0.29, 0.717) is 24.6 Å². The average Bonchev–Trinajstić information content (AvgIpc) is 3.22. The van der Waals surface area contributed by atoms with Crippen LogP contribution in [-0.2, 0) is 17.6 Å². The third-order valence-electron chi connectivity index (χ3n) is 5.09. The number of rotatable bonds is 6. The quantitative estimate of drug-likeness (QED) is 0.706. The van der Waals surface area contributed by atoms with E-state index in [1.165, 1.54) is 11.1 Å². The molecule has 0 bridgehead atoms. The summed E-state index contributed by atoms with van der Waals surface area (Å²) in [4.78, 5) is 16.8. The summed E-state index contributed by atoms with van der Waals surface area (Å²) in [6, 6.07) is 15.9. The van der Waals surface area contributed by atoms with Crippen LogP contribution in [0.3, 0.4) is 0 Å². The van der Waals surface area contributed by atoms with E-state index in [1.54, 1.807) is 7.11 Å². The van der Waals surface area contributed by atoms with Gasteiger partial charge in [0.2, 0.25) is 17.6 Å². The Bertz CT molecular complexity index is 950. The summed E-state index contributed by atoms with van der Waals surface area (Å²) in [7, 11) is 1.62. The molecule has 2 aromatic carbocycles. The van der Waals surface area contributed by atoms with Gasteiger partial charge in [-0.3, -0.25) is 4.79 Å². The van der Waals surface area contributed by atoms with Crippen LogP contribution in [0.15, 0.2) is 53.1 Å². The smallest absolute Gasteiger partial charge is 0.227 e. The first-order valence-corrected chi connectivity index (χ1v) is 9.57. The highest BCUT2D eigenvalue weighted by molar-refractivity contribution is 5.76. The Morgan fingerprint density at radius 2 is 2.04 bits per heavy atom. The molecule has 3 aromatic rings. The Hall–Kier alpha value is -3.15. The lowest BCUT2D eigenvalue weighted by atomic mass is 9.87. The van der Waals surface area contributed by atoms with Gasteiger partial charge in [0, 0.05) is 18.4 Å². The average molecular weight is 377 g/mol. The Morgan fingerprint density at radius 3 is 2.86 bits per heavy atom. The summed E-state index contributed by atoms with van der Waals surface area (Å²) in [6.07, 6.45) is 3.90. The Balaban J connectivity index is 1.34. The molecule has 1 aliphatic carbocycles. The number of hydrogen-bond donors (Lipinski definition) is 1. The monoisotopic (exact) mass is 377 g/mol. The highest BCUT2D eigenvalue weighted by Gasteiger charge is 2.21. The van der Waals surface area contributed by atoms with Crippen molar-refractivity contribution >= 4 is 5.91 Å². The maximum atomic E-state index is 12.4.